The largest absolute Gasteiger partial charge is 0.383 e. The minimum absolute atomic E-state index is 0.227. The molecule has 0 amide bonds. The van der Waals surface area contributed by atoms with Crippen LogP contribution < -0.4 is 5.73 Å². The molecule has 1 atom stereocenters. The van der Waals surface area contributed by atoms with Gasteiger partial charge in [0.25, 0.3) is 0 Å². The van der Waals surface area contributed by atoms with Crippen LogP contribution in [0.25, 0.3) is 0 Å². The SMILES string of the molecule is CCC(CC)N(CCOC)C(CN)c1ccccc1Br. The first-order valence-corrected chi connectivity index (χ1v) is 8.17. The lowest BCUT2D eigenvalue weighted by Gasteiger charge is -2.37. The molecule has 0 saturated carbocycles. The fourth-order valence-electron chi connectivity index (χ4n) is 2.73. The second kappa shape index (κ2) is 9.50. The molecule has 114 valence electrons. The van der Waals surface area contributed by atoms with Crippen molar-refractivity contribution < 1.29 is 4.74 Å². The van der Waals surface area contributed by atoms with Gasteiger partial charge in [0.15, 0.2) is 0 Å². The number of rotatable bonds is 9. The van der Waals surface area contributed by atoms with Gasteiger partial charge in [-0.05, 0) is 24.5 Å². The summed E-state index contributed by atoms with van der Waals surface area (Å²) in [5.74, 6) is 0. The Balaban J connectivity index is 3.03. The van der Waals surface area contributed by atoms with E-state index in [9.17, 15) is 0 Å². The zero-order valence-electron chi connectivity index (χ0n) is 12.8. The Morgan fingerprint density at radius 3 is 2.40 bits per heavy atom. The van der Waals surface area contributed by atoms with Crippen LogP contribution >= 0.6 is 15.9 Å². The Morgan fingerprint density at radius 1 is 1.25 bits per heavy atom. The van der Waals surface area contributed by atoms with Gasteiger partial charge in [0, 0.05) is 36.8 Å². The Kier molecular flexibility index (Phi) is 8.38. The van der Waals surface area contributed by atoms with E-state index in [1.807, 2.05) is 6.07 Å². The fourth-order valence-corrected chi connectivity index (χ4v) is 3.28. The Hall–Kier alpha value is -0.420. The van der Waals surface area contributed by atoms with E-state index >= 15 is 0 Å². The van der Waals surface area contributed by atoms with E-state index < -0.39 is 0 Å². The maximum absolute atomic E-state index is 6.09. The number of nitrogens with two attached hydrogens (primary N) is 1. The molecule has 20 heavy (non-hydrogen) atoms. The zero-order chi connectivity index (χ0) is 15.0. The zero-order valence-corrected chi connectivity index (χ0v) is 14.4. The molecule has 0 spiro atoms. The molecule has 1 unspecified atom stereocenters. The van der Waals surface area contributed by atoms with E-state index in [-0.39, 0.29) is 6.04 Å². The number of benzene rings is 1. The summed E-state index contributed by atoms with van der Waals surface area (Å²) in [5, 5.41) is 0. The van der Waals surface area contributed by atoms with E-state index in [4.69, 9.17) is 10.5 Å². The third-order valence-electron chi connectivity index (χ3n) is 3.85. The normalized spacial score (nSPS) is 13.2. The van der Waals surface area contributed by atoms with Crippen LogP contribution in [0.2, 0.25) is 0 Å². The van der Waals surface area contributed by atoms with Crippen molar-refractivity contribution in [3.05, 3.63) is 34.3 Å². The maximum Gasteiger partial charge on any atom is 0.0590 e. The first-order valence-electron chi connectivity index (χ1n) is 7.38. The highest BCUT2D eigenvalue weighted by Crippen LogP contribution is 2.29. The van der Waals surface area contributed by atoms with Crippen molar-refractivity contribution in [1.82, 2.24) is 4.90 Å². The Bertz CT molecular complexity index is 382. The third-order valence-corrected chi connectivity index (χ3v) is 4.58. The van der Waals surface area contributed by atoms with Gasteiger partial charge in [-0.25, -0.2) is 0 Å². The van der Waals surface area contributed by atoms with Crippen molar-refractivity contribution in [1.29, 1.82) is 0 Å². The average Bonchev–Trinajstić information content (AvgIpc) is 2.47. The molecule has 0 heterocycles. The highest BCUT2D eigenvalue weighted by Gasteiger charge is 2.25. The second-order valence-electron chi connectivity index (χ2n) is 4.97. The van der Waals surface area contributed by atoms with Crippen LogP contribution in [0.1, 0.15) is 38.3 Å². The smallest absolute Gasteiger partial charge is 0.0590 e. The van der Waals surface area contributed by atoms with Gasteiger partial charge in [0.1, 0.15) is 0 Å². The number of hydrogen-bond acceptors (Lipinski definition) is 3. The van der Waals surface area contributed by atoms with Crippen LogP contribution in [0.5, 0.6) is 0 Å². The summed E-state index contributed by atoms with van der Waals surface area (Å²) < 4.78 is 6.41. The second-order valence-corrected chi connectivity index (χ2v) is 5.83. The van der Waals surface area contributed by atoms with Gasteiger partial charge in [-0.1, -0.05) is 48.0 Å². The highest BCUT2D eigenvalue weighted by atomic mass is 79.9. The van der Waals surface area contributed by atoms with E-state index in [1.54, 1.807) is 7.11 Å². The number of methoxy groups -OCH3 is 1. The first kappa shape index (κ1) is 17.6. The van der Waals surface area contributed by atoms with Crippen molar-refractivity contribution in [3.63, 3.8) is 0 Å². The molecule has 2 N–H and O–H groups in total. The molecule has 0 aliphatic heterocycles. The van der Waals surface area contributed by atoms with Crippen LogP contribution in [0, 0.1) is 0 Å². The van der Waals surface area contributed by atoms with Crippen molar-refractivity contribution in [2.45, 2.75) is 38.8 Å². The van der Waals surface area contributed by atoms with E-state index in [2.05, 4.69) is 52.9 Å². The summed E-state index contributed by atoms with van der Waals surface area (Å²) >= 11 is 3.65. The van der Waals surface area contributed by atoms with E-state index in [1.165, 1.54) is 5.56 Å². The minimum Gasteiger partial charge on any atom is -0.383 e. The molecule has 1 aromatic rings. The van der Waals surface area contributed by atoms with Crippen molar-refractivity contribution in [3.8, 4) is 0 Å². The van der Waals surface area contributed by atoms with Gasteiger partial charge < -0.3 is 10.5 Å². The van der Waals surface area contributed by atoms with Crippen LogP contribution in [0.15, 0.2) is 28.7 Å². The molecular formula is C16H27BrN2O. The number of nitrogens with zero attached hydrogens (tertiary/aromatic N) is 1. The summed E-state index contributed by atoms with van der Waals surface area (Å²) in [7, 11) is 1.75. The van der Waals surface area contributed by atoms with Crippen LogP contribution in [-0.4, -0.2) is 37.7 Å². The Labute approximate surface area is 131 Å². The quantitative estimate of drug-likeness (QED) is 0.745. The minimum atomic E-state index is 0.227. The van der Waals surface area contributed by atoms with Crippen molar-refractivity contribution in [2.75, 3.05) is 26.8 Å². The summed E-state index contributed by atoms with van der Waals surface area (Å²) in [4.78, 5) is 2.49. The molecule has 0 saturated heterocycles. The third kappa shape index (κ3) is 4.55. The molecule has 4 heteroatoms. The summed E-state index contributed by atoms with van der Waals surface area (Å²) in [6, 6.07) is 9.11. The topological polar surface area (TPSA) is 38.5 Å². The van der Waals surface area contributed by atoms with Gasteiger partial charge in [0.2, 0.25) is 0 Å². The van der Waals surface area contributed by atoms with Crippen LogP contribution in [0.3, 0.4) is 0 Å². The highest BCUT2D eigenvalue weighted by molar-refractivity contribution is 9.10. The van der Waals surface area contributed by atoms with Gasteiger partial charge in [-0.2, -0.15) is 0 Å². The summed E-state index contributed by atoms with van der Waals surface area (Å²) in [6.07, 6.45) is 2.25. The van der Waals surface area contributed by atoms with Crippen molar-refractivity contribution >= 4 is 15.9 Å². The van der Waals surface area contributed by atoms with E-state index in [0.29, 0.717) is 12.6 Å². The van der Waals surface area contributed by atoms with Crippen LogP contribution in [-0.2, 0) is 4.74 Å². The van der Waals surface area contributed by atoms with Gasteiger partial charge in [-0.15, -0.1) is 0 Å². The standard InChI is InChI=1S/C16H27BrN2O/c1-4-13(5-2)19(10-11-20-3)16(12-18)14-8-6-7-9-15(14)17/h6-9,13,16H,4-5,10-12,18H2,1-3H3. The number of halogens is 1. The van der Waals surface area contributed by atoms with Gasteiger partial charge >= 0.3 is 0 Å². The molecule has 1 aromatic carbocycles. The lowest BCUT2D eigenvalue weighted by atomic mass is 10.0. The van der Waals surface area contributed by atoms with E-state index in [0.717, 1.165) is 30.5 Å². The summed E-state index contributed by atoms with van der Waals surface area (Å²) in [6.45, 7) is 6.73. The molecule has 0 fully saturated rings. The lowest BCUT2D eigenvalue weighted by molar-refractivity contribution is 0.0815. The molecule has 0 radical (unpaired) electrons. The molecular weight excluding hydrogens is 316 g/mol. The summed E-state index contributed by atoms with van der Waals surface area (Å²) in [5.41, 5.74) is 7.35. The Morgan fingerprint density at radius 2 is 1.90 bits per heavy atom. The number of hydrogen-bond donors (Lipinski definition) is 1. The monoisotopic (exact) mass is 342 g/mol. The molecule has 0 aliphatic carbocycles. The molecule has 0 bridgehead atoms. The van der Waals surface area contributed by atoms with Crippen LogP contribution in [0.4, 0.5) is 0 Å². The lowest BCUT2D eigenvalue weighted by Crippen LogP contribution is -2.43. The van der Waals surface area contributed by atoms with Crippen molar-refractivity contribution in [2.24, 2.45) is 5.73 Å². The molecule has 0 aliphatic rings. The number of ether oxygens (including phenoxy) is 1. The predicted molar refractivity (Wildman–Crippen MR) is 88.9 cm³/mol. The molecule has 1 rings (SSSR count). The first-order chi connectivity index (χ1) is 9.69. The average molecular weight is 343 g/mol. The maximum atomic E-state index is 6.09. The molecule has 0 aromatic heterocycles. The van der Waals surface area contributed by atoms with Gasteiger partial charge in [-0.3, -0.25) is 4.90 Å². The predicted octanol–water partition coefficient (Wildman–Crippen LogP) is 3.59. The van der Waals surface area contributed by atoms with Gasteiger partial charge in [0.05, 0.1) is 6.61 Å². The fraction of sp³-hybridized carbons (Fsp3) is 0.625. The molecule has 3 nitrogen and oxygen atoms in total.